The number of benzene rings is 6. The van der Waals surface area contributed by atoms with Crippen molar-refractivity contribution in [3.05, 3.63) is 158 Å². The van der Waals surface area contributed by atoms with Gasteiger partial charge in [0, 0.05) is 49.4 Å². The molecule has 6 aromatic carbocycles. The van der Waals surface area contributed by atoms with E-state index in [9.17, 15) is 0 Å². The van der Waals surface area contributed by atoms with Gasteiger partial charge in [0.2, 0.25) is 0 Å². The van der Waals surface area contributed by atoms with Gasteiger partial charge in [0.05, 0.1) is 22.1 Å². The summed E-state index contributed by atoms with van der Waals surface area (Å²) in [4.78, 5) is 0. The molecule has 0 radical (unpaired) electrons. The first kappa shape index (κ1) is 25.4. The zero-order valence-electron chi connectivity index (χ0n) is 24.6. The van der Waals surface area contributed by atoms with Gasteiger partial charge in [-0.25, -0.2) is 0 Å². The van der Waals surface area contributed by atoms with E-state index in [2.05, 4.69) is 156 Å². The number of nitrogens with zero attached hydrogens (tertiary/aromatic N) is 2. The van der Waals surface area contributed by atoms with Gasteiger partial charge >= 0.3 is 0 Å². The Morgan fingerprint density at radius 3 is 1.93 bits per heavy atom. The maximum Gasteiger partial charge on any atom is 0.143 e. The molecule has 0 fully saturated rings. The largest absolute Gasteiger partial charge is 0.455 e. The molecular weight excluding hydrogens is 548 g/mol. The number of hydrogen-bond acceptors (Lipinski definition) is 1. The number of aromatic nitrogens is 2. The van der Waals surface area contributed by atoms with E-state index in [0.29, 0.717) is 0 Å². The lowest BCUT2D eigenvalue weighted by Gasteiger charge is -2.10. The number of para-hydroxylation sites is 4. The molecule has 3 aromatic heterocycles. The second-order valence-corrected chi connectivity index (χ2v) is 11.4. The van der Waals surface area contributed by atoms with Crippen LogP contribution in [0.5, 0.6) is 0 Å². The normalized spacial score (nSPS) is 11.7. The lowest BCUT2D eigenvalue weighted by molar-refractivity contribution is 0.604. The molecule has 0 saturated heterocycles. The SMILES string of the molecule is C=Cc1oc2c(-c3ccc4c(c3)c3ccc5c(c6ccccc6n5-c5ccccc5)c3n4-c3ccccc3)cccc2c1C=C. The van der Waals surface area contributed by atoms with E-state index in [1.165, 1.54) is 38.1 Å². The van der Waals surface area contributed by atoms with Crippen molar-refractivity contribution in [2.75, 3.05) is 0 Å². The molecule has 0 aliphatic carbocycles. The topological polar surface area (TPSA) is 23.0 Å². The Morgan fingerprint density at radius 2 is 1.18 bits per heavy atom. The van der Waals surface area contributed by atoms with Crippen LogP contribution in [-0.2, 0) is 0 Å². The summed E-state index contributed by atoms with van der Waals surface area (Å²) >= 11 is 0. The van der Waals surface area contributed by atoms with Gasteiger partial charge in [-0.2, -0.15) is 0 Å². The molecule has 3 heteroatoms. The van der Waals surface area contributed by atoms with Crippen LogP contribution in [-0.4, -0.2) is 9.13 Å². The average molecular weight is 577 g/mol. The summed E-state index contributed by atoms with van der Waals surface area (Å²) in [6.45, 7) is 7.99. The molecule has 0 saturated carbocycles. The van der Waals surface area contributed by atoms with Crippen molar-refractivity contribution in [2.45, 2.75) is 0 Å². The minimum atomic E-state index is 0.742. The van der Waals surface area contributed by atoms with E-state index in [-0.39, 0.29) is 0 Å². The van der Waals surface area contributed by atoms with Crippen molar-refractivity contribution in [3.8, 4) is 22.5 Å². The molecule has 0 atom stereocenters. The van der Waals surface area contributed by atoms with Crippen LogP contribution in [0.2, 0.25) is 0 Å². The third-order valence-corrected chi connectivity index (χ3v) is 9.07. The molecule has 0 spiro atoms. The Hall–Kier alpha value is -6.06. The van der Waals surface area contributed by atoms with E-state index < -0.39 is 0 Å². The molecule has 9 rings (SSSR count). The van der Waals surface area contributed by atoms with Crippen LogP contribution in [0.3, 0.4) is 0 Å². The second-order valence-electron chi connectivity index (χ2n) is 11.4. The number of rotatable bonds is 5. The lowest BCUT2D eigenvalue weighted by atomic mass is 9.99. The Labute approximate surface area is 260 Å². The van der Waals surface area contributed by atoms with E-state index in [1.807, 2.05) is 6.08 Å². The predicted molar refractivity (Wildman–Crippen MR) is 191 cm³/mol. The zero-order valence-corrected chi connectivity index (χ0v) is 24.6. The fourth-order valence-electron chi connectivity index (χ4n) is 7.17. The summed E-state index contributed by atoms with van der Waals surface area (Å²) in [5, 5.41) is 5.93. The van der Waals surface area contributed by atoms with E-state index in [1.54, 1.807) is 6.08 Å². The Balaban J connectivity index is 1.42. The molecule has 0 N–H and O–H groups in total. The smallest absolute Gasteiger partial charge is 0.143 e. The maximum absolute atomic E-state index is 6.35. The van der Waals surface area contributed by atoms with Gasteiger partial charge in [0.1, 0.15) is 11.3 Å². The molecule has 0 aliphatic rings. The molecule has 3 nitrogen and oxygen atoms in total. The van der Waals surface area contributed by atoms with Gasteiger partial charge < -0.3 is 13.6 Å². The number of hydrogen-bond donors (Lipinski definition) is 0. The van der Waals surface area contributed by atoms with Gasteiger partial charge in [0.25, 0.3) is 0 Å². The van der Waals surface area contributed by atoms with Crippen molar-refractivity contribution in [1.82, 2.24) is 9.13 Å². The van der Waals surface area contributed by atoms with Gasteiger partial charge in [-0.3, -0.25) is 0 Å². The van der Waals surface area contributed by atoms with Crippen molar-refractivity contribution in [3.63, 3.8) is 0 Å². The molecule has 212 valence electrons. The fraction of sp³-hybridized carbons (Fsp3) is 0. The average Bonchev–Trinajstić information content (AvgIpc) is 3.75. The minimum absolute atomic E-state index is 0.742. The third-order valence-electron chi connectivity index (χ3n) is 9.07. The monoisotopic (exact) mass is 576 g/mol. The molecule has 3 heterocycles. The van der Waals surface area contributed by atoms with Crippen LogP contribution in [0, 0.1) is 0 Å². The van der Waals surface area contributed by atoms with Crippen LogP contribution in [0.1, 0.15) is 11.3 Å². The number of fused-ring (bicyclic) bond motifs is 8. The highest BCUT2D eigenvalue weighted by atomic mass is 16.3. The standard InChI is InChI=1S/C42H28N2O/c1-3-30-33-20-13-19-31(42(33)45-39(30)4-2)27-22-24-37-35(26-27)32-23-25-38-40(41(32)44(37)29-16-9-6-10-17-29)34-18-11-12-21-36(34)43(38)28-14-7-5-8-15-28/h3-26H,1-2H2. The third kappa shape index (κ3) is 3.58. The minimum Gasteiger partial charge on any atom is -0.455 e. The quantitative estimate of drug-likeness (QED) is 0.200. The first-order chi connectivity index (χ1) is 22.3. The van der Waals surface area contributed by atoms with Crippen LogP contribution < -0.4 is 0 Å². The first-order valence-corrected chi connectivity index (χ1v) is 15.2. The Bertz CT molecular complexity index is 2610. The van der Waals surface area contributed by atoms with Gasteiger partial charge in [0.15, 0.2) is 0 Å². The summed E-state index contributed by atoms with van der Waals surface area (Å²) in [5.74, 6) is 0.742. The Morgan fingerprint density at radius 1 is 0.511 bits per heavy atom. The predicted octanol–water partition coefficient (Wildman–Crippen LogP) is 11.6. The van der Waals surface area contributed by atoms with E-state index in [0.717, 1.165) is 50.3 Å². The summed E-state index contributed by atoms with van der Waals surface area (Å²) in [5.41, 5.74) is 11.0. The highest BCUT2D eigenvalue weighted by Crippen LogP contribution is 2.43. The van der Waals surface area contributed by atoms with E-state index in [4.69, 9.17) is 4.42 Å². The highest BCUT2D eigenvalue weighted by Gasteiger charge is 2.22. The van der Waals surface area contributed by atoms with Crippen LogP contribution in [0.4, 0.5) is 0 Å². The van der Waals surface area contributed by atoms with Crippen LogP contribution >= 0.6 is 0 Å². The molecule has 0 bridgehead atoms. The van der Waals surface area contributed by atoms with Crippen molar-refractivity contribution >= 4 is 66.7 Å². The van der Waals surface area contributed by atoms with Crippen molar-refractivity contribution < 1.29 is 4.42 Å². The summed E-state index contributed by atoms with van der Waals surface area (Å²) in [7, 11) is 0. The zero-order chi connectivity index (χ0) is 30.1. The molecule has 0 unspecified atom stereocenters. The van der Waals surface area contributed by atoms with Gasteiger partial charge in [-0.15, -0.1) is 0 Å². The van der Waals surface area contributed by atoms with Crippen LogP contribution in [0.25, 0.3) is 89.2 Å². The summed E-state index contributed by atoms with van der Waals surface area (Å²) in [6, 6.07) is 47.7. The maximum atomic E-state index is 6.35. The van der Waals surface area contributed by atoms with Crippen LogP contribution in [0.15, 0.2) is 151 Å². The second kappa shape index (κ2) is 9.73. The highest BCUT2D eigenvalue weighted by molar-refractivity contribution is 6.26. The lowest BCUT2D eigenvalue weighted by Crippen LogP contribution is -1.95. The fourth-order valence-corrected chi connectivity index (χ4v) is 7.17. The molecule has 0 aliphatic heterocycles. The van der Waals surface area contributed by atoms with Crippen molar-refractivity contribution in [1.29, 1.82) is 0 Å². The molecule has 45 heavy (non-hydrogen) atoms. The Kier molecular flexibility index (Phi) is 5.50. The first-order valence-electron chi connectivity index (χ1n) is 15.2. The van der Waals surface area contributed by atoms with E-state index >= 15 is 0 Å². The number of furan rings is 1. The summed E-state index contributed by atoms with van der Waals surface area (Å²) in [6.07, 6.45) is 3.61. The van der Waals surface area contributed by atoms with Gasteiger partial charge in [-0.1, -0.05) is 104 Å². The summed E-state index contributed by atoms with van der Waals surface area (Å²) < 4.78 is 11.2. The molecule has 0 amide bonds. The molecule has 9 aromatic rings. The molecular formula is C42H28N2O. The van der Waals surface area contributed by atoms with Gasteiger partial charge in [-0.05, 0) is 60.2 Å². The van der Waals surface area contributed by atoms with Crippen molar-refractivity contribution in [2.24, 2.45) is 0 Å².